The minimum absolute atomic E-state index is 0.531. The lowest BCUT2D eigenvalue weighted by Gasteiger charge is -2.09. The first-order valence-corrected chi connectivity index (χ1v) is 4.70. The predicted molar refractivity (Wildman–Crippen MR) is 38.7 cm³/mol. The molecule has 0 aliphatic heterocycles. The zero-order valence-electron chi connectivity index (χ0n) is 6.02. The molecule has 0 saturated carbocycles. The summed E-state index contributed by atoms with van der Waals surface area (Å²) < 4.78 is 10.2. The van der Waals surface area contributed by atoms with E-state index < -0.39 is 25.8 Å². The second-order valence-corrected chi connectivity index (χ2v) is 3.80. The van der Waals surface area contributed by atoms with Crippen molar-refractivity contribution in [3.8, 4) is 0 Å². The van der Waals surface area contributed by atoms with Gasteiger partial charge < -0.3 is 15.5 Å². The molecule has 6 nitrogen and oxygen atoms in total. The summed E-state index contributed by atoms with van der Waals surface area (Å²) in [6, 6.07) is -0.720. The van der Waals surface area contributed by atoms with Crippen LogP contribution in [0.5, 0.6) is 0 Å². The average Bonchev–Trinajstić information content (AvgIpc) is 1.80. The highest BCUT2D eigenvalue weighted by atomic mass is 31.2. The van der Waals surface area contributed by atoms with E-state index in [2.05, 4.69) is 5.32 Å². The van der Waals surface area contributed by atoms with Gasteiger partial charge in [0.1, 0.15) is 0 Å². The summed E-state index contributed by atoms with van der Waals surface area (Å²) in [6.07, 6.45) is -0.531. The molecule has 0 radical (unpaired) electrons. The second kappa shape index (κ2) is 3.82. The summed E-state index contributed by atoms with van der Waals surface area (Å²) in [5.41, 5.74) is 4.81. The lowest BCUT2D eigenvalue weighted by molar-refractivity contribution is -0.119. The van der Waals surface area contributed by atoms with Crippen molar-refractivity contribution in [1.82, 2.24) is 5.32 Å². The van der Waals surface area contributed by atoms with Crippen LogP contribution >= 0.6 is 7.60 Å². The summed E-state index contributed by atoms with van der Waals surface area (Å²) in [5.74, 6) is -0.640. The summed E-state index contributed by atoms with van der Waals surface area (Å²) in [4.78, 5) is 27.0. The molecule has 0 aromatic heterocycles. The fraction of sp³-hybridized carbons (Fsp3) is 0.750. The van der Waals surface area contributed by atoms with Gasteiger partial charge in [-0.25, -0.2) is 0 Å². The average molecular weight is 182 g/mol. The van der Waals surface area contributed by atoms with Crippen molar-refractivity contribution in [3.63, 3.8) is 0 Å². The topological polar surface area (TPSA) is 113 Å². The van der Waals surface area contributed by atoms with Crippen LogP contribution in [0, 0.1) is 0 Å². The van der Waals surface area contributed by atoms with Gasteiger partial charge in [0.05, 0.1) is 12.3 Å². The van der Waals surface area contributed by atoms with Gasteiger partial charge in [-0.3, -0.25) is 14.7 Å². The van der Waals surface area contributed by atoms with Gasteiger partial charge in [0.2, 0.25) is 5.91 Å². The van der Waals surface area contributed by atoms with E-state index in [1.807, 2.05) is 0 Å². The van der Waals surface area contributed by atoms with Crippen LogP contribution in [0.1, 0.15) is 6.92 Å². The maximum Gasteiger partial charge on any atom is 0.339 e. The highest BCUT2D eigenvalue weighted by Gasteiger charge is 2.16. The quantitative estimate of drug-likeness (QED) is 0.399. The summed E-state index contributed by atoms with van der Waals surface area (Å²) >= 11 is 0. The van der Waals surface area contributed by atoms with Crippen LogP contribution in [0.3, 0.4) is 0 Å². The molecule has 0 aliphatic carbocycles. The van der Waals surface area contributed by atoms with Crippen molar-refractivity contribution in [2.45, 2.75) is 13.0 Å². The summed E-state index contributed by atoms with van der Waals surface area (Å²) in [6.45, 7) is 1.43. The van der Waals surface area contributed by atoms with Crippen LogP contribution in [-0.4, -0.2) is 28.0 Å². The van der Waals surface area contributed by atoms with Gasteiger partial charge in [-0.15, -0.1) is 0 Å². The second-order valence-electron chi connectivity index (χ2n) is 2.15. The molecular weight excluding hydrogens is 171 g/mol. The monoisotopic (exact) mass is 182 g/mol. The van der Waals surface area contributed by atoms with E-state index in [9.17, 15) is 9.36 Å². The number of primary amides is 1. The zero-order chi connectivity index (χ0) is 9.07. The van der Waals surface area contributed by atoms with Gasteiger partial charge in [-0.1, -0.05) is 0 Å². The van der Waals surface area contributed by atoms with E-state index in [0.29, 0.717) is 0 Å². The standard InChI is InChI=1S/C4H11N2O4P/c1-3(4(5)7)6-2-11(8,9)10/h3,6H,2H2,1H3,(H2,5,7)(H2,8,9,10). The Kier molecular flexibility index (Phi) is 3.68. The first kappa shape index (κ1) is 10.6. The predicted octanol–water partition coefficient (Wildman–Crippen LogP) is -1.42. The van der Waals surface area contributed by atoms with E-state index in [1.54, 1.807) is 0 Å². The van der Waals surface area contributed by atoms with Crippen LogP contribution in [0.2, 0.25) is 0 Å². The molecular formula is C4H11N2O4P. The molecule has 1 amide bonds. The third-order valence-corrected chi connectivity index (χ3v) is 1.62. The van der Waals surface area contributed by atoms with E-state index in [-0.39, 0.29) is 0 Å². The van der Waals surface area contributed by atoms with Crippen molar-refractivity contribution >= 4 is 13.5 Å². The van der Waals surface area contributed by atoms with Crippen molar-refractivity contribution in [3.05, 3.63) is 0 Å². The minimum Gasteiger partial charge on any atom is -0.368 e. The fourth-order valence-corrected chi connectivity index (χ4v) is 0.868. The molecule has 0 spiro atoms. The molecule has 7 heteroatoms. The smallest absolute Gasteiger partial charge is 0.339 e. The number of amides is 1. The molecule has 66 valence electrons. The molecule has 0 aliphatic rings. The number of carbonyl (C=O) groups is 1. The molecule has 0 aromatic carbocycles. The first-order chi connectivity index (χ1) is 4.83. The Balaban J connectivity index is 3.72. The molecule has 0 heterocycles. The molecule has 1 unspecified atom stereocenters. The van der Waals surface area contributed by atoms with Crippen molar-refractivity contribution in [2.24, 2.45) is 5.73 Å². The highest BCUT2D eigenvalue weighted by Crippen LogP contribution is 2.31. The van der Waals surface area contributed by atoms with Gasteiger partial charge in [0, 0.05) is 0 Å². The van der Waals surface area contributed by atoms with Crippen molar-refractivity contribution in [2.75, 3.05) is 6.29 Å². The Morgan fingerprint density at radius 1 is 1.73 bits per heavy atom. The van der Waals surface area contributed by atoms with E-state index >= 15 is 0 Å². The number of rotatable bonds is 4. The maximum absolute atomic E-state index is 10.3. The molecule has 0 saturated heterocycles. The van der Waals surface area contributed by atoms with Gasteiger partial charge in [-0.2, -0.15) is 0 Å². The van der Waals surface area contributed by atoms with E-state index in [0.717, 1.165) is 0 Å². The number of nitrogens with two attached hydrogens (primary N) is 1. The lowest BCUT2D eigenvalue weighted by Crippen LogP contribution is -2.39. The minimum atomic E-state index is -4.08. The van der Waals surface area contributed by atoms with Crippen LogP contribution in [-0.2, 0) is 9.36 Å². The van der Waals surface area contributed by atoms with E-state index in [1.165, 1.54) is 6.92 Å². The number of hydrogen-bond donors (Lipinski definition) is 4. The zero-order valence-corrected chi connectivity index (χ0v) is 6.91. The molecule has 11 heavy (non-hydrogen) atoms. The third-order valence-electron chi connectivity index (χ3n) is 1.03. The fourth-order valence-electron chi connectivity index (χ4n) is 0.356. The third kappa shape index (κ3) is 6.00. The SMILES string of the molecule is CC(NCP(=O)(O)O)C(N)=O. The Morgan fingerprint density at radius 2 is 2.18 bits per heavy atom. The van der Waals surface area contributed by atoms with Gasteiger partial charge >= 0.3 is 7.60 Å². The van der Waals surface area contributed by atoms with Crippen LogP contribution in [0.25, 0.3) is 0 Å². The Morgan fingerprint density at radius 3 is 2.45 bits per heavy atom. The molecule has 0 bridgehead atoms. The number of nitrogens with one attached hydrogen (secondary N) is 1. The van der Waals surface area contributed by atoms with Gasteiger partial charge in [0.25, 0.3) is 0 Å². The number of hydrogen-bond acceptors (Lipinski definition) is 3. The largest absolute Gasteiger partial charge is 0.368 e. The lowest BCUT2D eigenvalue weighted by atomic mass is 10.3. The maximum atomic E-state index is 10.3. The highest BCUT2D eigenvalue weighted by molar-refractivity contribution is 7.51. The Labute approximate surface area is 63.9 Å². The Bertz CT molecular complexity index is 189. The molecule has 0 rings (SSSR count). The molecule has 1 atom stereocenters. The summed E-state index contributed by atoms with van der Waals surface area (Å²) in [7, 11) is -4.08. The number of carbonyl (C=O) groups excluding carboxylic acids is 1. The van der Waals surface area contributed by atoms with Crippen molar-refractivity contribution in [1.29, 1.82) is 0 Å². The summed E-state index contributed by atoms with van der Waals surface area (Å²) in [5, 5.41) is 2.28. The van der Waals surface area contributed by atoms with Gasteiger partial charge in [0.15, 0.2) is 0 Å². The Hall–Kier alpha value is -0.420. The molecule has 0 aromatic rings. The van der Waals surface area contributed by atoms with E-state index in [4.69, 9.17) is 15.5 Å². The normalized spacial score (nSPS) is 14.5. The van der Waals surface area contributed by atoms with Crippen LogP contribution in [0.4, 0.5) is 0 Å². The van der Waals surface area contributed by atoms with Crippen LogP contribution in [0.15, 0.2) is 0 Å². The van der Waals surface area contributed by atoms with Crippen molar-refractivity contribution < 1.29 is 19.1 Å². The molecule has 0 fully saturated rings. The molecule has 5 N–H and O–H groups in total. The van der Waals surface area contributed by atoms with Crippen LogP contribution < -0.4 is 11.1 Å². The van der Waals surface area contributed by atoms with Gasteiger partial charge in [-0.05, 0) is 6.92 Å². The first-order valence-electron chi connectivity index (χ1n) is 2.90.